The predicted octanol–water partition coefficient (Wildman–Crippen LogP) is 5.19. The molecule has 0 aliphatic carbocycles. The third-order valence-corrected chi connectivity index (χ3v) is 6.92. The molecular weight excluding hydrogens is 444 g/mol. The van der Waals surface area contributed by atoms with Crippen molar-refractivity contribution in [1.82, 2.24) is 4.90 Å². The summed E-state index contributed by atoms with van der Waals surface area (Å²) in [7, 11) is 1.39. The molecule has 1 aromatic heterocycles. The van der Waals surface area contributed by atoms with Crippen LogP contribution in [-0.4, -0.2) is 37.0 Å². The molecule has 1 aliphatic rings. The number of ether oxygens (including phenoxy) is 1. The standard InChI is InChI=1S/C25H23F2N3O2S/c1-32-22-8-7-16(11-21(22)27)24-19(15-5-6-17(13-28)20(26)10-15)12-23(33-24)25(31)30-9-3-2-4-18(29)14-30/h5-8,10-12,18H,2-4,9,14,29H2,1H3/t18-/m1/s1. The van der Waals surface area contributed by atoms with Crippen molar-refractivity contribution < 1.29 is 18.3 Å². The highest BCUT2D eigenvalue weighted by atomic mass is 32.1. The molecule has 1 saturated heterocycles. The van der Waals surface area contributed by atoms with Crippen LogP contribution in [0.3, 0.4) is 0 Å². The van der Waals surface area contributed by atoms with E-state index >= 15 is 0 Å². The Morgan fingerprint density at radius 2 is 1.91 bits per heavy atom. The van der Waals surface area contributed by atoms with Gasteiger partial charge in [-0.25, -0.2) is 8.78 Å². The molecular formula is C25H23F2N3O2S. The summed E-state index contributed by atoms with van der Waals surface area (Å²) in [5.74, 6) is -1.23. The molecule has 0 saturated carbocycles. The zero-order valence-corrected chi connectivity index (χ0v) is 18.9. The molecule has 3 aromatic rings. The van der Waals surface area contributed by atoms with Crippen LogP contribution in [0.4, 0.5) is 8.78 Å². The third kappa shape index (κ3) is 4.75. The molecule has 2 N–H and O–H groups in total. The number of nitrogens with two attached hydrogens (primary N) is 1. The Morgan fingerprint density at radius 3 is 2.61 bits per heavy atom. The van der Waals surface area contributed by atoms with Gasteiger partial charge in [0, 0.05) is 29.6 Å². The number of rotatable bonds is 4. The zero-order chi connectivity index (χ0) is 23.5. The molecule has 5 nitrogen and oxygen atoms in total. The Kier molecular flexibility index (Phi) is 6.72. The van der Waals surface area contributed by atoms with Gasteiger partial charge in [0.1, 0.15) is 11.9 Å². The number of thiophene rings is 1. The van der Waals surface area contributed by atoms with Crippen molar-refractivity contribution in [3.8, 4) is 33.4 Å². The van der Waals surface area contributed by atoms with E-state index < -0.39 is 11.6 Å². The lowest BCUT2D eigenvalue weighted by Gasteiger charge is -2.21. The Hall–Kier alpha value is -3.28. The van der Waals surface area contributed by atoms with E-state index in [9.17, 15) is 13.6 Å². The van der Waals surface area contributed by atoms with Crippen molar-refractivity contribution in [3.63, 3.8) is 0 Å². The number of nitrogens with zero attached hydrogens (tertiary/aromatic N) is 2. The molecule has 1 atom stereocenters. The number of carbonyl (C=O) groups excluding carboxylic acids is 1. The lowest BCUT2D eigenvalue weighted by Crippen LogP contribution is -2.39. The first-order valence-electron chi connectivity index (χ1n) is 10.6. The molecule has 8 heteroatoms. The summed E-state index contributed by atoms with van der Waals surface area (Å²) in [5, 5.41) is 9.06. The molecule has 1 fully saturated rings. The molecule has 2 heterocycles. The van der Waals surface area contributed by atoms with Crippen LogP contribution in [0.1, 0.15) is 34.5 Å². The maximum atomic E-state index is 14.5. The molecule has 1 aliphatic heterocycles. The van der Waals surface area contributed by atoms with Gasteiger partial charge in [0.25, 0.3) is 5.91 Å². The largest absolute Gasteiger partial charge is 0.494 e. The van der Waals surface area contributed by atoms with Gasteiger partial charge in [-0.15, -0.1) is 11.3 Å². The summed E-state index contributed by atoms with van der Waals surface area (Å²) in [6.45, 7) is 1.10. The van der Waals surface area contributed by atoms with Gasteiger partial charge in [0.05, 0.1) is 17.6 Å². The minimum Gasteiger partial charge on any atom is -0.494 e. The molecule has 4 rings (SSSR count). The van der Waals surface area contributed by atoms with Crippen LogP contribution >= 0.6 is 11.3 Å². The average molecular weight is 468 g/mol. The number of carbonyl (C=O) groups is 1. The van der Waals surface area contributed by atoms with Gasteiger partial charge in [-0.3, -0.25) is 4.79 Å². The first kappa shape index (κ1) is 22.9. The van der Waals surface area contributed by atoms with E-state index in [0.717, 1.165) is 19.3 Å². The van der Waals surface area contributed by atoms with Crippen molar-refractivity contribution in [3.05, 3.63) is 64.5 Å². The number of benzene rings is 2. The van der Waals surface area contributed by atoms with Crippen molar-refractivity contribution in [2.45, 2.75) is 25.3 Å². The molecule has 0 radical (unpaired) electrons. The number of nitriles is 1. The highest BCUT2D eigenvalue weighted by Gasteiger charge is 2.25. The Morgan fingerprint density at radius 1 is 1.15 bits per heavy atom. The van der Waals surface area contributed by atoms with Gasteiger partial charge >= 0.3 is 0 Å². The van der Waals surface area contributed by atoms with Crippen LogP contribution in [0.15, 0.2) is 42.5 Å². The molecule has 0 bridgehead atoms. The second-order valence-corrected chi connectivity index (χ2v) is 9.07. The number of hydrogen-bond acceptors (Lipinski definition) is 5. The summed E-state index contributed by atoms with van der Waals surface area (Å²) < 4.78 is 33.9. The summed E-state index contributed by atoms with van der Waals surface area (Å²) in [6, 6.07) is 12.3. The van der Waals surface area contributed by atoms with Crippen LogP contribution in [0.2, 0.25) is 0 Å². The minimum absolute atomic E-state index is 0.0686. The van der Waals surface area contributed by atoms with E-state index in [2.05, 4.69) is 0 Å². The van der Waals surface area contributed by atoms with E-state index in [1.807, 2.05) is 6.07 Å². The van der Waals surface area contributed by atoms with Gasteiger partial charge in [0.2, 0.25) is 0 Å². The first-order valence-corrected chi connectivity index (χ1v) is 11.5. The second kappa shape index (κ2) is 9.69. The van der Waals surface area contributed by atoms with Crippen LogP contribution < -0.4 is 10.5 Å². The maximum absolute atomic E-state index is 14.5. The Bertz CT molecular complexity index is 1230. The van der Waals surface area contributed by atoms with Gasteiger partial charge in [-0.2, -0.15) is 5.26 Å². The van der Waals surface area contributed by atoms with Crippen LogP contribution in [-0.2, 0) is 0 Å². The fourth-order valence-corrected chi connectivity index (χ4v) is 5.17. The van der Waals surface area contributed by atoms with E-state index in [0.29, 0.717) is 39.5 Å². The van der Waals surface area contributed by atoms with Crippen LogP contribution in [0.5, 0.6) is 5.75 Å². The third-order valence-electron chi connectivity index (χ3n) is 5.75. The fraction of sp³-hybridized carbons (Fsp3) is 0.280. The van der Waals surface area contributed by atoms with Crippen molar-refractivity contribution in [1.29, 1.82) is 5.26 Å². The maximum Gasteiger partial charge on any atom is 0.264 e. The van der Waals surface area contributed by atoms with Crippen molar-refractivity contribution >= 4 is 17.2 Å². The summed E-state index contributed by atoms with van der Waals surface area (Å²) in [4.78, 5) is 16.2. The SMILES string of the molecule is COc1ccc(-c2sc(C(=O)N3CCCC[C@@H](N)C3)cc2-c2ccc(C#N)c(F)c2)cc1F. The molecule has 2 aromatic carbocycles. The van der Waals surface area contributed by atoms with E-state index in [-0.39, 0.29) is 23.3 Å². The highest BCUT2D eigenvalue weighted by molar-refractivity contribution is 7.18. The summed E-state index contributed by atoms with van der Waals surface area (Å²) >= 11 is 1.23. The summed E-state index contributed by atoms with van der Waals surface area (Å²) in [5.41, 5.74) is 7.71. The van der Waals surface area contributed by atoms with Crippen LogP contribution in [0.25, 0.3) is 21.6 Å². The number of amides is 1. The number of halogens is 2. The molecule has 0 spiro atoms. The Labute approximate surface area is 195 Å². The average Bonchev–Trinajstić information content (AvgIpc) is 3.14. The molecule has 33 heavy (non-hydrogen) atoms. The van der Waals surface area contributed by atoms with E-state index in [1.165, 1.54) is 42.7 Å². The quantitative estimate of drug-likeness (QED) is 0.572. The second-order valence-electron chi connectivity index (χ2n) is 8.02. The van der Waals surface area contributed by atoms with E-state index in [1.54, 1.807) is 23.1 Å². The molecule has 1 amide bonds. The topological polar surface area (TPSA) is 79.3 Å². The smallest absolute Gasteiger partial charge is 0.264 e. The zero-order valence-electron chi connectivity index (χ0n) is 18.1. The lowest BCUT2D eigenvalue weighted by atomic mass is 10.0. The minimum atomic E-state index is -0.653. The van der Waals surface area contributed by atoms with Gasteiger partial charge in [-0.05, 0) is 60.4 Å². The fourth-order valence-electron chi connectivity index (χ4n) is 4.02. The monoisotopic (exact) mass is 467 g/mol. The molecule has 0 unspecified atom stereocenters. The number of likely N-dealkylation sites (tertiary alicyclic amines) is 1. The Balaban J connectivity index is 1.81. The molecule has 170 valence electrons. The normalized spacial score (nSPS) is 16.2. The highest BCUT2D eigenvalue weighted by Crippen LogP contribution is 2.41. The van der Waals surface area contributed by atoms with Crippen LogP contribution in [0, 0.1) is 23.0 Å². The first-order chi connectivity index (χ1) is 15.9. The van der Waals surface area contributed by atoms with E-state index in [4.69, 9.17) is 15.7 Å². The van der Waals surface area contributed by atoms with Gasteiger partial charge < -0.3 is 15.4 Å². The predicted molar refractivity (Wildman–Crippen MR) is 124 cm³/mol. The van der Waals surface area contributed by atoms with Gasteiger partial charge in [0.15, 0.2) is 11.6 Å². The van der Waals surface area contributed by atoms with Crippen molar-refractivity contribution in [2.24, 2.45) is 5.73 Å². The number of hydrogen-bond donors (Lipinski definition) is 1. The summed E-state index contributed by atoms with van der Waals surface area (Å²) in [6.07, 6.45) is 2.73. The lowest BCUT2D eigenvalue weighted by molar-refractivity contribution is 0.0760. The van der Waals surface area contributed by atoms with Gasteiger partial charge in [-0.1, -0.05) is 12.5 Å². The number of methoxy groups -OCH3 is 1. The van der Waals surface area contributed by atoms with Crippen molar-refractivity contribution in [2.75, 3.05) is 20.2 Å².